The molecule has 0 saturated heterocycles. The summed E-state index contributed by atoms with van der Waals surface area (Å²) in [6.45, 7) is 0. The Bertz CT molecular complexity index is 687. The molecule has 0 radical (unpaired) electrons. The maximum absolute atomic E-state index is 7.17. The van der Waals surface area contributed by atoms with E-state index >= 15 is 0 Å². The zero-order valence-corrected chi connectivity index (χ0v) is 15.6. The second-order valence-electron chi connectivity index (χ2n) is 4.58. The van der Waals surface area contributed by atoms with E-state index in [0.29, 0.717) is 0 Å². The first-order valence-corrected chi connectivity index (χ1v) is 7.40. The zero-order valence-electron chi connectivity index (χ0n) is 15.6. The summed E-state index contributed by atoms with van der Waals surface area (Å²) in [5.41, 5.74) is 46.2. The normalized spacial score (nSPS) is 9.00. The zero-order chi connectivity index (χ0) is 24.1. The van der Waals surface area contributed by atoms with Crippen LogP contribution in [0.4, 0.5) is 53.5 Å². The van der Waals surface area contributed by atoms with Gasteiger partial charge in [-0.2, -0.15) is 44.9 Å². The monoisotopic (exact) mass is 440 g/mol. The number of aromatic nitrogens is 9. The first-order chi connectivity index (χ1) is 14.3. The minimum Gasteiger partial charge on any atom is -0.402 e. The summed E-state index contributed by atoms with van der Waals surface area (Å²) in [6.07, 6.45) is 0. The third kappa shape index (κ3) is 13.9. The van der Waals surface area contributed by atoms with Crippen molar-refractivity contribution in [1.82, 2.24) is 44.9 Å². The van der Waals surface area contributed by atoms with Crippen LogP contribution in [0.1, 0.15) is 0 Å². The Morgan fingerprint density at radius 1 is 0.323 bits per heavy atom. The van der Waals surface area contributed by atoms with Crippen LogP contribution in [0.5, 0.6) is 0 Å². The molecular weight excluding hydrogens is 419 g/mol. The van der Waals surface area contributed by atoms with E-state index < -0.39 is 7.32 Å². The highest BCUT2D eigenvalue weighted by molar-refractivity contribution is 6.30. The van der Waals surface area contributed by atoms with Crippen LogP contribution in [0.3, 0.4) is 0 Å². The van der Waals surface area contributed by atoms with Crippen molar-refractivity contribution < 1.29 is 15.1 Å². The lowest BCUT2D eigenvalue weighted by molar-refractivity contribution is 0.278. The van der Waals surface area contributed by atoms with Crippen molar-refractivity contribution in [3.05, 3.63) is 0 Å². The second kappa shape index (κ2) is 12.6. The Morgan fingerprint density at radius 2 is 0.387 bits per heavy atom. The van der Waals surface area contributed by atoms with Gasteiger partial charge in [-0.05, 0) is 0 Å². The number of nitrogens with two attached hydrogens (primary N) is 9. The summed E-state index contributed by atoms with van der Waals surface area (Å²) in [4.78, 5) is 31.4. The van der Waals surface area contributed by atoms with Crippen molar-refractivity contribution >= 4 is 60.9 Å². The predicted octanol–water partition coefficient (Wildman–Crippen LogP) is -6.20. The molecule has 21 nitrogen and oxygen atoms in total. The molecular formula is C9H21BN18O3. The van der Waals surface area contributed by atoms with Crippen molar-refractivity contribution in [2.24, 2.45) is 0 Å². The maximum Gasteiger partial charge on any atom is 0.631 e. The van der Waals surface area contributed by atoms with Gasteiger partial charge in [0.15, 0.2) is 0 Å². The standard InChI is InChI=1S/3C3H6N6.BH3O3/c3*4-1-7-2(5)9-3(6)8-1;2-1(3)4/h3*(H6,4,5,6,7,8,9);2-4H. The molecule has 0 fully saturated rings. The highest BCUT2D eigenvalue weighted by Gasteiger charge is 1.95. The van der Waals surface area contributed by atoms with Crippen LogP contribution in [0, 0.1) is 0 Å². The van der Waals surface area contributed by atoms with E-state index in [2.05, 4.69) is 44.9 Å². The van der Waals surface area contributed by atoms with E-state index in [9.17, 15) is 0 Å². The van der Waals surface area contributed by atoms with Crippen molar-refractivity contribution in [3.8, 4) is 0 Å². The second-order valence-corrected chi connectivity index (χ2v) is 4.58. The van der Waals surface area contributed by atoms with Gasteiger partial charge in [-0.3, -0.25) is 0 Å². The highest BCUT2D eigenvalue weighted by atomic mass is 16.5. The molecule has 3 aromatic rings. The minimum atomic E-state index is -2.17. The molecule has 0 bridgehead atoms. The molecule has 0 unspecified atom stereocenters. The lowest BCUT2D eigenvalue weighted by Crippen LogP contribution is -2.07. The number of hydrogen-bond donors (Lipinski definition) is 12. The van der Waals surface area contributed by atoms with E-state index in [4.69, 9.17) is 66.7 Å². The average Bonchev–Trinajstić information content (AvgIpc) is 2.51. The summed E-state index contributed by atoms with van der Waals surface area (Å²) < 4.78 is 0. The highest BCUT2D eigenvalue weighted by Crippen LogP contribution is 1.98. The molecule has 0 aliphatic carbocycles. The van der Waals surface area contributed by atoms with E-state index in [-0.39, 0.29) is 53.5 Å². The lowest BCUT2D eigenvalue weighted by atomic mass is 10.3. The molecule has 0 spiro atoms. The number of anilines is 9. The maximum atomic E-state index is 7.17. The van der Waals surface area contributed by atoms with E-state index in [1.165, 1.54) is 0 Å². The summed E-state index contributed by atoms with van der Waals surface area (Å²) in [6, 6.07) is 0. The Morgan fingerprint density at radius 3 is 0.452 bits per heavy atom. The Balaban J connectivity index is 0.000000402. The van der Waals surface area contributed by atoms with E-state index in [0.717, 1.165) is 0 Å². The topological polar surface area (TPSA) is 411 Å². The van der Waals surface area contributed by atoms with Gasteiger partial charge in [0.1, 0.15) is 0 Å². The number of nitrogen functional groups attached to an aromatic ring is 9. The van der Waals surface area contributed by atoms with Crippen LogP contribution in [0.25, 0.3) is 0 Å². The molecule has 0 saturated carbocycles. The molecule has 3 rings (SSSR count). The molecule has 31 heavy (non-hydrogen) atoms. The molecule has 22 heteroatoms. The van der Waals surface area contributed by atoms with Gasteiger partial charge >= 0.3 is 7.32 Å². The molecule has 21 N–H and O–H groups in total. The fourth-order valence-corrected chi connectivity index (χ4v) is 1.28. The Hall–Kier alpha value is -4.83. The summed E-state index contributed by atoms with van der Waals surface area (Å²) in [5.74, 6) is 0.375. The number of hydrogen-bond acceptors (Lipinski definition) is 21. The van der Waals surface area contributed by atoms with Crippen molar-refractivity contribution in [2.75, 3.05) is 51.6 Å². The predicted molar refractivity (Wildman–Crippen MR) is 112 cm³/mol. The van der Waals surface area contributed by atoms with Crippen LogP contribution < -0.4 is 51.6 Å². The molecule has 0 aliphatic heterocycles. The summed E-state index contributed by atoms with van der Waals surface area (Å²) in [7, 11) is -2.17. The molecule has 0 aromatic carbocycles. The largest absolute Gasteiger partial charge is 0.631 e. The molecule has 3 heterocycles. The number of nitrogens with zero attached hydrogens (tertiary/aromatic N) is 9. The van der Waals surface area contributed by atoms with Gasteiger partial charge in [-0.1, -0.05) is 0 Å². The van der Waals surface area contributed by atoms with Crippen molar-refractivity contribution in [2.45, 2.75) is 0 Å². The summed E-state index contributed by atoms with van der Waals surface area (Å²) in [5, 5.41) is 21.5. The van der Waals surface area contributed by atoms with Gasteiger partial charge in [0.05, 0.1) is 0 Å². The Kier molecular flexibility index (Phi) is 10.6. The van der Waals surface area contributed by atoms with Gasteiger partial charge in [-0.25, -0.2) is 0 Å². The molecule has 0 atom stereocenters. The van der Waals surface area contributed by atoms with Crippen LogP contribution in [-0.4, -0.2) is 67.2 Å². The van der Waals surface area contributed by atoms with Gasteiger partial charge in [0, 0.05) is 0 Å². The smallest absolute Gasteiger partial charge is 0.402 e. The fourth-order valence-electron chi connectivity index (χ4n) is 1.28. The van der Waals surface area contributed by atoms with Gasteiger partial charge in [0.2, 0.25) is 53.5 Å². The van der Waals surface area contributed by atoms with Crippen LogP contribution in [-0.2, 0) is 0 Å². The third-order valence-corrected chi connectivity index (χ3v) is 2.06. The average molecular weight is 440 g/mol. The first kappa shape index (κ1) is 26.2. The van der Waals surface area contributed by atoms with Gasteiger partial charge in [-0.15, -0.1) is 0 Å². The van der Waals surface area contributed by atoms with Gasteiger partial charge in [0.25, 0.3) is 0 Å². The molecule has 168 valence electrons. The van der Waals surface area contributed by atoms with Crippen LogP contribution in [0.15, 0.2) is 0 Å². The SMILES string of the molecule is Nc1nc(N)nc(N)n1.Nc1nc(N)nc(N)n1.Nc1nc(N)nc(N)n1.OB(O)O. The third-order valence-electron chi connectivity index (χ3n) is 2.06. The molecule has 0 aliphatic rings. The van der Waals surface area contributed by atoms with Crippen LogP contribution >= 0.6 is 0 Å². The quantitative estimate of drug-likeness (QED) is 0.144. The lowest BCUT2D eigenvalue weighted by Gasteiger charge is -1.93. The summed E-state index contributed by atoms with van der Waals surface area (Å²) >= 11 is 0. The molecule has 3 aromatic heterocycles. The van der Waals surface area contributed by atoms with Crippen LogP contribution in [0.2, 0.25) is 0 Å². The Labute approximate surface area is 173 Å². The molecule has 0 amide bonds. The van der Waals surface area contributed by atoms with E-state index in [1.54, 1.807) is 0 Å². The van der Waals surface area contributed by atoms with Crippen molar-refractivity contribution in [1.29, 1.82) is 0 Å². The fraction of sp³-hybridized carbons (Fsp3) is 0. The van der Waals surface area contributed by atoms with E-state index in [1.807, 2.05) is 0 Å². The van der Waals surface area contributed by atoms with Gasteiger partial charge < -0.3 is 66.7 Å². The number of rotatable bonds is 0. The van der Waals surface area contributed by atoms with Crippen molar-refractivity contribution in [3.63, 3.8) is 0 Å². The minimum absolute atomic E-state index is 0.0417. The first-order valence-electron chi connectivity index (χ1n) is 7.40.